The zero-order valence-corrected chi connectivity index (χ0v) is 13.5. The van der Waals surface area contributed by atoms with Crippen LogP contribution in [0.4, 0.5) is 0 Å². The van der Waals surface area contributed by atoms with Gasteiger partial charge >= 0.3 is 0 Å². The minimum absolute atomic E-state index is 0.699. The highest BCUT2D eigenvalue weighted by Crippen LogP contribution is 2.42. The number of rotatable bonds is 6. The van der Waals surface area contributed by atoms with Crippen molar-refractivity contribution in [3.63, 3.8) is 0 Å². The summed E-state index contributed by atoms with van der Waals surface area (Å²) in [6.07, 6.45) is 8.22. The Morgan fingerprint density at radius 2 is 2.05 bits per heavy atom. The molecule has 1 aromatic rings. The van der Waals surface area contributed by atoms with Gasteiger partial charge in [0.15, 0.2) is 0 Å². The minimum atomic E-state index is 0.699. The molecule has 2 aliphatic carbocycles. The number of methoxy groups -OCH3 is 1. The first-order valence-electron chi connectivity index (χ1n) is 8.67. The second kappa shape index (κ2) is 6.83. The van der Waals surface area contributed by atoms with Crippen LogP contribution in [-0.4, -0.2) is 19.7 Å². The van der Waals surface area contributed by atoms with Crippen molar-refractivity contribution in [2.24, 2.45) is 11.8 Å². The van der Waals surface area contributed by atoms with Gasteiger partial charge in [-0.3, -0.25) is 0 Å². The van der Waals surface area contributed by atoms with Crippen molar-refractivity contribution in [1.82, 2.24) is 5.32 Å². The van der Waals surface area contributed by atoms with Gasteiger partial charge in [0.2, 0.25) is 0 Å². The molecule has 2 heteroatoms. The largest absolute Gasteiger partial charge is 0.497 e. The van der Waals surface area contributed by atoms with Crippen LogP contribution in [0.3, 0.4) is 0 Å². The molecule has 0 bridgehead atoms. The fraction of sp³-hybridized carbons (Fsp3) is 0.684. The number of benzene rings is 1. The Hall–Kier alpha value is -1.02. The third-order valence-electron chi connectivity index (χ3n) is 5.45. The first-order chi connectivity index (χ1) is 10.3. The number of nitrogens with one attached hydrogen (secondary N) is 1. The van der Waals surface area contributed by atoms with Crippen LogP contribution in [0.1, 0.15) is 56.9 Å². The van der Waals surface area contributed by atoms with Gasteiger partial charge in [0, 0.05) is 6.04 Å². The molecule has 0 saturated heterocycles. The third kappa shape index (κ3) is 3.79. The Bertz CT molecular complexity index is 455. The lowest BCUT2D eigenvalue weighted by Gasteiger charge is -2.36. The second-order valence-corrected chi connectivity index (χ2v) is 6.91. The Morgan fingerprint density at radius 1 is 1.19 bits per heavy atom. The van der Waals surface area contributed by atoms with Gasteiger partial charge in [-0.05, 0) is 67.7 Å². The Morgan fingerprint density at radius 3 is 2.76 bits per heavy atom. The summed E-state index contributed by atoms with van der Waals surface area (Å²) in [5.74, 6) is 3.39. The normalized spacial score (nSPS) is 29.3. The molecule has 0 aromatic heterocycles. The van der Waals surface area contributed by atoms with E-state index in [1.807, 2.05) is 0 Å². The maximum Gasteiger partial charge on any atom is 0.119 e. The molecule has 2 nitrogen and oxygen atoms in total. The summed E-state index contributed by atoms with van der Waals surface area (Å²) in [5, 5.41) is 3.76. The van der Waals surface area contributed by atoms with Crippen molar-refractivity contribution < 1.29 is 4.74 Å². The van der Waals surface area contributed by atoms with E-state index in [1.54, 1.807) is 7.11 Å². The van der Waals surface area contributed by atoms with E-state index in [2.05, 4.69) is 36.5 Å². The molecule has 0 amide bonds. The molecule has 0 heterocycles. The van der Waals surface area contributed by atoms with Gasteiger partial charge in [-0.25, -0.2) is 0 Å². The van der Waals surface area contributed by atoms with Crippen LogP contribution < -0.4 is 10.1 Å². The van der Waals surface area contributed by atoms with E-state index in [4.69, 9.17) is 4.74 Å². The summed E-state index contributed by atoms with van der Waals surface area (Å²) in [6.45, 7) is 3.54. The SMILES string of the molecule is CCC1CCC(CNC2CC2)C(c2cccc(OC)c2)C1. The lowest BCUT2D eigenvalue weighted by Crippen LogP contribution is -2.33. The lowest BCUT2D eigenvalue weighted by molar-refractivity contribution is 0.225. The average molecular weight is 287 g/mol. The highest BCUT2D eigenvalue weighted by Gasteiger charge is 2.32. The average Bonchev–Trinajstić information content (AvgIpc) is 3.37. The molecule has 2 saturated carbocycles. The van der Waals surface area contributed by atoms with Gasteiger partial charge in [-0.15, -0.1) is 0 Å². The molecule has 116 valence electrons. The fourth-order valence-corrected chi connectivity index (χ4v) is 3.82. The number of hydrogen-bond donors (Lipinski definition) is 1. The Kier molecular flexibility index (Phi) is 4.84. The monoisotopic (exact) mass is 287 g/mol. The molecule has 1 aromatic carbocycles. The fourth-order valence-electron chi connectivity index (χ4n) is 3.82. The molecule has 1 N–H and O–H groups in total. The van der Waals surface area contributed by atoms with E-state index < -0.39 is 0 Å². The van der Waals surface area contributed by atoms with Crippen LogP contribution in [0.15, 0.2) is 24.3 Å². The van der Waals surface area contributed by atoms with E-state index >= 15 is 0 Å². The van der Waals surface area contributed by atoms with E-state index in [1.165, 1.54) is 50.6 Å². The van der Waals surface area contributed by atoms with Crippen LogP contribution in [-0.2, 0) is 0 Å². The molecule has 0 radical (unpaired) electrons. The molecule has 0 aliphatic heterocycles. The summed E-state index contributed by atoms with van der Waals surface area (Å²) in [5.41, 5.74) is 1.48. The van der Waals surface area contributed by atoms with Crippen molar-refractivity contribution >= 4 is 0 Å². The Balaban J connectivity index is 1.73. The van der Waals surface area contributed by atoms with Crippen LogP contribution in [0.2, 0.25) is 0 Å². The summed E-state index contributed by atoms with van der Waals surface area (Å²) in [6, 6.07) is 9.58. The number of hydrogen-bond acceptors (Lipinski definition) is 2. The summed E-state index contributed by atoms with van der Waals surface area (Å²) >= 11 is 0. The summed E-state index contributed by atoms with van der Waals surface area (Å²) < 4.78 is 5.43. The summed E-state index contributed by atoms with van der Waals surface area (Å²) in [4.78, 5) is 0. The topological polar surface area (TPSA) is 21.3 Å². The molecule has 2 fully saturated rings. The van der Waals surface area contributed by atoms with Gasteiger partial charge in [-0.2, -0.15) is 0 Å². The van der Waals surface area contributed by atoms with Gasteiger partial charge in [-0.1, -0.05) is 31.9 Å². The van der Waals surface area contributed by atoms with Crippen molar-refractivity contribution in [3.05, 3.63) is 29.8 Å². The van der Waals surface area contributed by atoms with Crippen molar-refractivity contribution in [2.75, 3.05) is 13.7 Å². The highest BCUT2D eigenvalue weighted by molar-refractivity contribution is 5.31. The predicted molar refractivity (Wildman–Crippen MR) is 87.9 cm³/mol. The van der Waals surface area contributed by atoms with Crippen LogP contribution >= 0.6 is 0 Å². The molecule has 21 heavy (non-hydrogen) atoms. The van der Waals surface area contributed by atoms with E-state index in [0.29, 0.717) is 5.92 Å². The standard InChI is InChI=1S/C19H29NO/c1-3-14-7-8-16(13-20-17-9-10-17)19(11-14)15-5-4-6-18(12-15)21-2/h4-6,12,14,16-17,19-20H,3,7-11,13H2,1-2H3. The molecular weight excluding hydrogens is 258 g/mol. The van der Waals surface area contributed by atoms with Crippen LogP contribution in [0.5, 0.6) is 5.75 Å². The summed E-state index contributed by atoms with van der Waals surface area (Å²) in [7, 11) is 1.76. The third-order valence-corrected chi connectivity index (χ3v) is 5.45. The molecule has 2 aliphatic rings. The zero-order chi connectivity index (χ0) is 14.7. The lowest BCUT2D eigenvalue weighted by atomic mass is 9.70. The van der Waals surface area contributed by atoms with Crippen LogP contribution in [0.25, 0.3) is 0 Å². The zero-order valence-electron chi connectivity index (χ0n) is 13.5. The van der Waals surface area contributed by atoms with Gasteiger partial charge in [0.1, 0.15) is 5.75 Å². The van der Waals surface area contributed by atoms with E-state index in [0.717, 1.165) is 23.6 Å². The molecule has 0 spiro atoms. The van der Waals surface area contributed by atoms with Gasteiger partial charge in [0.05, 0.1) is 7.11 Å². The Labute approximate surface area is 129 Å². The van der Waals surface area contributed by atoms with Gasteiger partial charge in [0.25, 0.3) is 0 Å². The van der Waals surface area contributed by atoms with Gasteiger partial charge < -0.3 is 10.1 Å². The smallest absolute Gasteiger partial charge is 0.119 e. The maximum atomic E-state index is 5.43. The first kappa shape index (κ1) is 14.9. The van der Waals surface area contributed by atoms with E-state index in [9.17, 15) is 0 Å². The minimum Gasteiger partial charge on any atom is -0.497 e. The quantitative estimate of drug-likeness (QED) is 0.839. The molecule has 3 unspecified atom stereocenters. The molecule has 3 atom stereocenters. The molecular formula is C19H29NO. The highest BCUT2D eigenvalue weighted by atomic mass is 16.5. The van der Waals surface area contributed by atoms with Crippen molar-refractivity contribution in [2.45, 2.75) is 57.4 Å². The first-order valence-corrected chi connectivity index (χ1v) is 8.67. The van der Waals surface area contributed by atoms with Crippen molar-refractivity contribution in [1.29, 1.82) is 0 Å². The number of ether oxygens (including phenoxy) is 1. The van der Waals surface area contributed by atoms with Crippen molar-refractivity contribution in [3.8, 4) is 5.75 Å². The van der Waals surface area contributed by atoms with E-state index in [-0.39, 0.29) is 0 Å². The second-order valence-electron chi connectivity index (χ2n) is 6.91. The molecule has 3 rings (SSSR count). The van der Waals surface area contributed by atoms with Crippen LogP contribution in [0, 0.1) is 11.8 Å². The predicted octanol–water partition coefficient (Wildman–Crippen LogP) is 4.36. The maximum absolute atomic E-state index is 5.43.